The zero-order chi connectivity index (χ0) is 18.6. The second kappa shape index (κ2) is 11.9. The van der Waals surface area contributed by atoms with Gasteiger partial charge in [0.1, 0.15) is 0 Å². The average molecular weight is 357 g/mol. The van der Waals surface area contributed by atoms with Gasteiger partial charge in [-0.05, 0) is 73.9 Å². The number of pyridine rings is 1. The van der Waals surface area contributed by atoms with Crippen molar-refractivity contribution in [1.29, 1.82) is 0 Å². The summed E-state index contributed by atoms with van der Waals surface area (Å²) in [6.45, 7) is 10.9. The molecule has 1 atom stereocenters. The van der Waals surface area contributed by atoms with E-state index >= 15 is 0 Å². The lowest BCUT2D eigenvalue weighted by molar-refractivity contribution is 0.147. The van der Waals surface area contributed by atoms with E-state index < -0.39 is 0 Å². The van der Waals surface area contributed by atoms with Crippen molar-refractivity contribution in [2.45, 2.75) is 59.3 Å². The minimum absolute atomic E-state index is 0.842. The molecule has 0 spiro atoms. The van der Waals surface area contributed by atoms with E-state index in [1.807, 2.05) is 26.2 Å². The quantitative estimate of drug-likeness (QED) is 0.612. The highest BCUT2D eigenvalue weighted by molar-refractivity contribution is 5.67. The molecule has 3 heteroatoms. The molecule has 0 bridgehead atoms. The van der Waals surface area contributed by atoms with E-state index in [-0.39, 0.29) is 0 Å². The molecule has 1 fully saturated rings. The molecule has 0 saturated carbocycles. The third-order valence-electron chi connectivity index (χ3n) is 5.04. The van der Waals surface area contributed by atoms with Crippen LogP contribution in [-0.2, 0) is 4.74 Å². The Morgan fingerprint density at radius 1 is 1.12 bits per heavy atom. The van der Waals surface area contributed by atoms with Gasteiger partial charge in [0.05, 0.1) is 12.4 Å². The normalized spacial score (nSPS) is 21.0. The number of likely N-dealkylation sites (tertiary alicyclic amines) is 1. The molecular formula is C23H36N2O. The smallest absolute Gasteiger partial charge is 0.0959 e. The maximum atomic E-state index is 6.04. The van der Waals surface area contributed by atoms with Gasteiger partial charge in [-0.25, -0.2) is 0 Å². The van der Waals surface area contributed by atoms with Gasteiger partial charge in [-0.2, -0.15) is 0 Å². The van der Waals surface area contributed by atoms with E-state index in [1.165, 1.54) is 43.6 Å². The Balaban J connectivity index is 0.00000117. The molecule has 144 valence electrons. The van der Waals surface area contributed by atoms with Crippen LogP contribution in [0.5, 0.6) is 0 Å². The Morgan fingerprint density at radius 2 is 1.92 bits per heavy atom. The largest absolute Gasteiger partial charge is 0.498 e. The van der Waals surface area contributed by atoms with Crippen LogP contribution in [0.2, 0.25) is 0 Å². The zero-order valence-corrected chi connectivity index (χ0v) is 16.9. The summed E-state index contributed by atoms with van der Waals surface area (Å²) < 4.78 is 6.04. The van der Waals surface area contributed by atoms with Crippen LogP contribution in [0.15, 0.2) is 42.4 Å². The molecule has 3 nitrogen and oxygen atoms in total. The number of ether oxygens (including phenoxy) is 1. The molecule has 0 unspecified atom stereocenters. The molecule has 0 N–H and O–H groups in total. The number of hydrogen-bond donors (Lipinski definition) is 0. The second-order valence-electron chi connectivity index (χ2n) is 7.16. The maximum Gasteiger partial charge on any atom is 0.0959 e. The minimum atomic E-state index is 0.842. The Labute approximate surface area is 160 Å². The highest BCUT2D eigenvalue weighted by atomic mass is 16.5. The van der Waals surface area contributed by atoms with E-state index in [4.69, 9.17) is 4.74 Å². The lowest BCUT2D eigenvalue weighted by Gasteiger charge is -2.30. The van der Waals surface area contributed by atoms with Crippen molar-refractivity contribution in [2.24, 2.45) is 5.92 Å². The number of piperidine rings is 1. The van der Waals surface area contributed by atoms with Crippen LogP contribution < -0.4 is 0 Å². The third-order valence-corrected chi connectivity index (χ3v) is 5.04. The lowest BCUT2D eigenvalue weighted by atomic mass is 10.0. The van der Waals surface area contributed by atoms with E-state index in [2.05, 4.69) is 41.1 Å². The predicted octanol–water partition coefficient (Wildman–Crippen LogP) is 5.70. The van der Waals surface area contributed by atoms with Gasteiger partial charge in [-0.15, -0.1) is 0 Å². The van der Waals surface area contributed by atoms with Crippen molar-refractivity contribution in [2.75, 3.05) is 26.2 Å². The summed E-state index contributed by atoms with van der Waals surface area (Å²) >= 11 is 0. The summed E-state index contributed by atoms with van der Waals surface area (Å²) in [6, 6.07) is 4.18. The Kier molecular flexibility index (Phi) is 9.47. The SMILES string of the molecule is CC.C[C@H]1CCCN(CCCOC2=CC=C(c3ccncc3)CCC2)C1. The minimum Gasteiger partial charge on any atom is -0.498 e. The fraction of sp³-hybridized carbons (Fsp3) is 0.609. The van der Waals surface area contributed by atoms with E-state index in [1.54, 1.807) is 0 Å². The summed E-state index contributed by atoms with van der Waals surface area (Å²) in [5.41, 5.74) is 2.67. The van der Waals surface area contributed by atoms with Gasteiger partial charge in [-0.1, -0.05) is 26.8 Å². The van der Waals surface area contributed by atoms with Crippen LogP contribution in [0.4, 0.5) is 0 Å². The topological polar surface area (TPSA) is 25.4 Å². The first kappa shape index (κ1) is 20.7. The van der Waals surface area contributed by atoms with Gasteiger partial charge < -0.3 is 9.64 Å². The molecule has 1 aromatic heterocycles. The first-order valence-corrected chi connectivity index (χ1v) is 10.5. The Hall–Kier alpha value is -1.61. The van der Waals surface area contributed by atoms with Crippen LogP contribution in [-0.4, -0.2) is 36.1 Å². The van der Waals surface area contributed by atoms with E-state index in [0.717, 1.165) is 44.0 Å². The van der Waals surface area contributed by atoms with Crippen LogP contribution in [0, 0.1) is 5.92 Å². The van der Waals surface area contributed by atoms with Gasteiger partial charge in [0.15, 0.2) is 0 Å². The van der Waals surface area contributed by atoms with Crippen molar-refractivity contribution in [3.63, 3.8) is 0 Å². The first-order chi connectivity index (χ1) is 12.8. The number of nitrogens with zero attached hydrogens (tertiary/aromatic N) is 2. The first-order valence-electron chi connectivity index (χ1n) is 10.5. The predicted molar refractivity (Wildman–Crippen MR) is 111 cm³/mol. The fourth-order valence-corrected chi connectivity index (χ4v) is 3.72. The van der Waals surface area contributed by atoms with Gasteiger partial charge in [0, 0.05) is 31.9 Å². The zero-order valence-electron chi connectivity index (χ0n) is 16.9. The van der Waals surface area contributed by atoms with Crippen LogP contribution in [0.3, 0.4) is 0 Å². The summed E-state index contributed by atoms with van der Waals surface area (Å²) in [5.74, 6) is 2.01. The van der Waals surface area contributed by atoms with Gasteiger partial charge >= 0.3 is 0 Å². The summed E-state index contributed by atoms with van der Waals surface area (Å²) in [7, 11) is 0. The molecule has 2 heterocycles. The van der Waals surface area contributed by atoms with E-state index in [9.17, 15) is 0 Å². The average Bonchev–Trinajstić information content (AvgIpc) is 2.93. The highest BCUT2D eigenvalue weighted by Crippen LogP contribution is 2.25. The molecule has 26 heavy (non-hydrogen) atoms. The van der Waals surface area contributed by atoms with Crippen molar-refractivity contribution in [1.82, 2.24) is 9.88 Å². The van der Waals surface area contributed by atoms with Crippen LogP contribution >= 0.6 is 0 Å². The Morgan fingerprint density at radius 3 is 2.69 bits per heavy atom. The molecule has 3 rings (SSSR count). The molecular weight excluding hydrogens is 320 g/mol. The van der Waals surface area contributed by atoms with Crippen molar-refractivity contribution < 1.29 is 4.74 Å². The van der Waals surface area contributed by atoms with Gasteiger partial charge in [0.25, 0.3) is 0 Å². The number of allylic oxidation sites excluding steroid dienone is 4. The summed E-state index contributed by atoms with van der Waals surface area (Å²) in [6.07, 6.45) is 15.3. The molecule has 1 aliphatic carbocycles. The van der Waals surface area contributed by atoms with Crippen molar-refractivity contribution in [3.8, 4) is 0 Å². The molecule has 0 amide bonds. The molecule has 1 aromatic rings. The summed E-state index contributed by atoms with van der Waals surface area (Å²) in [4.78, 5) is 6.70. The van der Waals surface area contributed by atoms with Gasteiger partial charge in [0.2, 0.25) is 0 Å². The highest BCUT2D eigenvalue weighted by Gasteiger charge is 2.15. The number of aromatic nitrogens is 1. The molecule has 1 aliphatic heterocycles. The van der Waals surface area contributed by atoms with Gasteiger partial charge in [-0.3, -0.25) is 4.98 Å². The third kappa shape index (κ3) is 6.95. The monoisotopic (exact) mass is 356 g/mol. The molecule has 1 saturated heterocycles. The van der Waals surface area contributed by atoms with E-state index in [0.29, 0.717) is 0 Å². The Bertz CT molecular complexity index is 565. The van der Waals surface area contributed by atoms with Crippen molar-refractivity contribution >= 4 is 5.57 Å². The summed E-state index contributed by atoms with van der Waals surface area (Å²) in [5, 5.41) is 0. The number of hydrogen-bond acceptors (Lipinski definition) is 3. The number of rotatable bonds is 6. The van der Waals surface area contributed by atoms with Crippen LogP contribution in [0.1, 0.15) is 64.9 Å². The molecule has 0 aromatic carbocycles. The standard InChI is InChI=1S/C21H30N2O.C2H6/c1-18-5-3-14-23(17-18)15-4-16-24-21-7-2-6-19(8-9-21)20-10-12-22-13-11-20;1-2/h8-13,18H,2-7,14-17H2,1H3;1-2H3/t18-;/m0./s1. The maximum absolute atomic E-state index is 6.04. The van der Waals surface area contributed by atoms with Crippen molar-refractivity contribution in [3.05, 3.63) is 48.0 Å². The fourth-order valence-electron chi connectivity index (χ4n) is 3.72. The molecule has 0 radical (unpaired) electrons. The molecule has 2 aliphatic rings. The van der Waals surface area contributed by atoms with Crippen LogP contribution in [0.25, 0.3) is 5.57 Å². The second-order valence-corrected chi connectivity index (χ2v) is 7.16. The lowest BCUT2D eigenvalue weighted by Crippen LogP contribution is -2.35.